The molecule has 0 N–H and O–H groups in total. The molecule has 0 aromatic rings. The molecule has 14 heavy (non-hydrogen) atoms. The van der Waals surface area contributed by atoms with Crippen molar-refractivity contribution in [1.82, 2.24) is 9.80 Å². The van der Waals surface area contributed by atoms with E-state index in [4.69, 9.17) is 11.7 Å². The highest BCUT2D eigenvalue weighted by molar-refractivity contribution is 4.96. The zero-order valence-electron chi connectivity index (χ0n) is 8.90. The maximum absolute atomic E-state index is 8.65. The molecule has 0 aliphatic carbocycles. The first kappa shape index (κ1) is 11.0. The van der Waals surface area contributed by atoms with Crippen molar-refractivity contribution in [2.45, 2.75) is 25.9 Å². The minimum Gasteiger partial charge on any atom is -0.287 e. The molecule has 2 unspecified atom stereocenters. The van der Waals surface area contributed by atoms with E-state index in [0.717, 1.165) is 13.1 Å². The first-order chi connectivity index (χ1) is 6.70. The predicted octanol–water partition coefficient (Wildman–Crippen LogP) is 0.538. The highest BCUT2D eigenvalue weighted by Gasteiger charge is 2.29. The van der Waals surface area contributed by atoms with Crippen molar-refractivity contribution in [2.24, 2.45) is 0 Å². The summed E-state index contributed by atoms with van der Waals surface area (Å²) in [5.74, 6) is 2.68. The van der Waals surface area contributed by atoms with Gasteiger partial charge in [0.05, 0.1) is 19.2 Å². The third-order valence-electron chi connectivity index (χ3n) is 3.09. The van der Waals surface area contributed by atoms with E-state index in [1.54, 1.807) is 0 Å². The summed E-state index contributed by atoms with van der Waals surface area (Å²) in [4.78, 5) is 4.50. The van der Waals surface area contributed by atoms with Gasteiger partial charge < -0.3 is 0 Å². The number of nitriles is 1. The van der Waals surface area contributed by atoms with Gasteiger partial charge in [-0.05, 0) is 13.8 Å². The van der Waals surface area contributed by atoms with Crippen molar-refractivity contribution in [3.05, 3.63) is 0 Å². The lowest BCUT2D eigenvalue weighted by Gasteiger charge is -2.43. The highest BCUT2D eigenvalue weighted by Crippen LogP contribution is 2.15. The van der Waals surface area contributed by atoms with Gasteiger partial charge in [-0.2, -0.15) is 5.26 Å². The van der Waals surface area contributed by atoms with Gasteiger partial charge in [-0.25, -0.2) is 0 Å². The molecule has 0 saturated carbocycles. The van der Waals surface area contributed by atoms with Gasteiger partial charge in [-0.15, -0.1) is 6.42 Å². The van der Waals surface area contributed by atoms with Crippen LogP contribution in [0.2, 0.25) is 0 Å². The van der Waals surface area contributed by atoms with Crippen molar-refractivity contribution in [3.63, 3.8) is 0 Å². The Morgan fingerprint density at radius 3 is 2.14 bits per heavy atom. The minimum atomic E-state index is 0.414. The van der Waals surface area contributed by atoms with Crippen LogP contribution < -0.4 is 0 Å². The van der Waals surface area contributed by atoms with Crippen LogP contribution in [0.25, 0.3) is 0 Å². The Labute approximate surface area is 86.3 Å². The van der Waals surface area contributed by atoms with E-state index in [1.165, 1.54) is 0 Å². The molecule has 0 amide bonds. The predicted molar refractivity (Wildman–Crippen MR) is 56.5 cm³/mol. The molecule has 0 spiro atoms. The number of hydrogen-bond acceptors (Lipinski definition) is 3. The van der Waals surface area contributed by atoms with Gasteiger partial charge in [0.25, 0.3) is 0 Å². The number of nitrogens with zero attached hydrogens (tertiary/aromatic N) is 3. The van der Waals surface area contributed by atoms with Gasteiger partial charge in [0.1, 0.15) is 0 Å². The molecule has 2 atom stereocenters. The molecule has 0 aromatic heterocycles. The summed E-state index contributed by atoms with van der Waals surface area (Å²) in [5, 5.41) is 8.65. The summed E-state index contributed by atoms with van der Waals surface area (Å²) in [7, 11) is 0. The molecule has 0 bridgehead atoms. The summed E-state index contributed by atoms with van der Waals surface area (Å²) in [6.07, 6.45) is 5.30. The van der Waals surface area contributed by atoms with Crippen molar-refractivity contribution in [1.29, 1.82) is 5.26 Å². The van der Waals surface area contributed by atoms with Gasteiger partial charge in [-0.1, -0.05) is 5.92 Å². The maximum Gasteiger partial charge on any atom is 0.0869 e. The first-order valence-electron chi connectivity index (χ1n) is 4.99. The Morgan fingerprint density at radius 1 is 1.21 bits per heavy atom. The average Bonchev–Trinajstić information content (AvgIpc) is 2.18. The van der Waals surface area contributed by atoms with Crippen molar-refractivity contribution >= 4 is 0 Å². The standard InChI is InChI=1S/C11H17N3/c1-4-6-13-8-9-14(7-5-12)11(3)10(13)2/h1,10-11H,6-9H2,2-3H3. The van der Waals surface area contributed by atoms with Gasteiger partial charge >= 0.3 is 0 Å². The van der Waals surface area contributed by atoms with Crippen LogP contribution in [0.4, 0.5) is 0 Å². The first-order valence-corrected chi connectivity index (χ1v) is 4.99. The molecule has 1 fully saturated rings. The molecule has 3 heteroatoms. The van der Waals surface area contributed by atoms with Crippen molar-refractivity contribution in [2.75, 3.05) is 26.2 Å². The van der Waals surface area contributed by atoms with Gasteiger partial charge in [0.15, 0.2) is 0 Å². The minimum absolute atomic E-state index is 0.414. The number of rotatable bonds is 2. The molecular weight excluding hydrogens is 174 g/mol. The molecule has 0 aromatic carbocycles. The third-order valence-corrected chi connectivity index (χ3v) is 3.09. The van der Waals surface area contributed by atoms with E-state index in [0.29, 0.717) is 25.2 Å². The zero-order chi connectivity index (χ0) is 10.6. The Kier molecular flexibility index (Phi) is 3.95. The number of piperazine rings is 1. The molecule has 1 aliphatic heterocycles. The lowest BCUT2D eigenvalue weighted by Crippen LogP contribution is -2.57. The molecule has 0 radical (unpaired) electrons. The lowest BCUT2D eigenvalue weighted by molar-refractivity contribution is 0.0537. The van der Waals surface area contributed by atoms with E-state index in [1.807, 2.05) is 0 Å². The van der Waals surface area contributed by atoms with E-state index < -0.39 is 0 Å². The van der Waals surface area contributed by atoms with Crippen LogP contribution in [0.1, 0.15) is 13.8 Å². The van der Waals surface area contributed by atoms with Gasteiger partial charge in [0.2, 0.25) is 0 Å². The monoisotopic (exact) mass is 191 g/mol. The molecule has 1 heterocycles. The van der Waals surface area contributed by atoms with Gasteiger partial charge in [-0.3, -0.25) is 9.80 Å². The van der Waals surface area contributed by atoms with Crippen LogP contribution in [0, 0.1) is 23.7 Å². The quantitative estimate of drug-likeness (QED) is 0.471. The normalized spacial score (nSPS) is 29.4. The lowest BCUT2D eigenvalue weighted by atomic mass is 10.1. The molecule has 1 aliphatic rings. The van der Waals surface area contributed by atoms with E-state index in [9.17, 15) is 0 Å². The summed E-state index contributed by atoms with van der Waals surface area (Å²) in [5.41, 5.74) is 0. The fourth-order valence-electron chi connectivity index (χ4n) is 1.93. The smallest absolute Gasteiger partial charge is 0.0869 e. The molecular formula is C11H17N3. The summed E-state index contributed by atoms with van der Waals surface area (Å²) in [6.45, 7) is 7.48. The fourth-order valence-corrected chi connectivity index (χ4v) is 1.93. The fraction of sp³-hybridized carbons (Fsp3) is 0.727. The molecule has 3 nitrogen and oxygen atoms in total. The van der Waals surface area contributed by atoms with Crippen LogP contribution in [0.3, 0.4) is 0 Å². The zero-order valence-corrected chi connectivity index (χ0v) is 8.90. The van der Waals surface area contributed by atoms with Crippen LogP contribution in [-0.4, -0.2) is 48.1 Å². The summed E-state index contributed by atoms with van der Waals surface area (Å²) in [6, 6.07) is 3.05. The number of terminal acetylenes is 1. The van der Waals surface area contributed by atoms with Crippen LogP contribution in [0.15, 0.2) is 0 Å². The molecule has 1 saturated heterocycles. The Bertz CT molecular complexity index is 233. The van der Waals surface area contributed by atoms with E-state index in [2.05, 4.69) is 35.6 Å². The SMILES string of the molecule is C#CCN1CCN(CC#N)C(C)C1C. The second-order valence-electron chi connectivity index (χ2n) is 3.78. The second-order valence-corrected chi connectivity index (χ2v) is 3.78. The van der Waals surface area contributed by atoms with Gasteiger partial charge in [0, 0.05) is 25.2 Å². The Morgan fingerprint density at radius 2 is 1.71 bits per heavy atom. The largest absolute Gasteiger partial charge is 0.287 e. The Hall–Kier alpha value is -1.03. The summed E-state index contributed by atoms with van der Waals surface area (Å²) < 4.78 is 0. The van der Waals surface area contributed by atoms with Crippen LogP contribution >= 0.6 is 0 Å². The second kappa shape index (κ2) is 5.00. The maximum atomic E-state index is 8.65. The highest BCUT2D eigenvalue weighted by atomic mass is 15.3. The van der Waals surface area contributed by atoms with E-state index in [-0.39, 0.29) is 0 Å². The number of hydrogen-bond donors (Lipinski definition) is 0. The molecule has 76 valence electrons. The van der Waals surface area contributed by atoms with Crippen molar-refractivity contribution in [3.8, 4) is 18.4 Å². The van der Waals surface area contributed by atoms with Crippen LogP contribution in [0.5, 0.6) is 0 Å². The van der Waals surface area contributed by atoms with Crippen LogP contribution in [-0.2, 0) is 0 Å². The third kappa shape index (κ3) is 2.26. The average molecular weight is 191 g/mol. The molecule has 1 rings (SSSR count). The van der Waals surface area contributed by atoms with E-state index >= 15 is 0 Å². The summed E-state index contributed by atoms with van der Waals surface area (Å²) >= 11 is 0. The Balaban J connectivity index is 2.56. The topological polar surface area (TPSA) is 30.3 Å². The van der Waals surface area contributed by atoms with Crippen molar-refractivity contribution < 1.29 is 0 Å².